The fraction of sp³-hybridized carbons (Fsp3) is 0.222. The summed E-state index contributed by atoms with van der Waals surface area (Å²) in [7, 11) is 1.58. The molecule has 0 aliphatic carbocycles. The second kappa shape index (κ2) is 3.99. The lowest BCUT2D eigenvalue weighted by Gasteiger charge is -2.04. The average Bonchev–Trinajstić information content (AvgIpc) is 2.16. The molecule has 0 saturated carbocycles. The highest BCUT2D eigenvalue weighted by molar-refractivity contribution is 6.17. The quantitative estimate of drug-likeness (QED) is 0.656. The van der Waals surface area contributed by atoms with Crippen LogP contribution in [0.5, 0.6) is 5.75 Å². The first-order valence-electron chi connectivity index (χ1n) is 3.44. The summed E-state index contributed by atoms with van der Waals surface area (Å²) >= 11 is 5.65. The van der Waals surface area contributed by atoms with Crippen molar-refractivity contribution in [1.82, 2.24) is 0 Å². The van der Waals surface area contributed by atoms with Gasteiger partial charge in [-0.15, -0.1) is 11.6 Å². The van der Waals surface area contributed by atoms with Gasteiger partial charge in [0.15, 0.2) is 0 Å². The molecule has 0 atom stereocenters. The standard InChI is InChI=1S/C9H8ClNO/c1-12-9-3-2-7(6-11)4-8(9)5-10/h2-4H,5H2,1H3. The Balaban J connectivity index is 3.13. The van der Waals surface area contributed by atoms with Gasteiger partial charge in [0.1, 0.15) is 5.75 Å². The Morgan fingerprint density at radius 3 is 2.83 bits per heavy atom. The van der Waals surface area contributed by atoms with E-state index in [0.717, 1.165) is 11.3 Å². The van der Waals surface area contributed by atoms with Crippen molar-refractivity contribution >= 4 is 11.6 Å². The lowest BCUT2D eigenvalue weighted by molar-refractivity contribution is 0.411. The van der Waals surface area contributed by atoms with Gasteiger partial charge in [0.05, 0.1) is 24.6 Å². The number of benzene rings is 1. The van der Waals surface area contributed by atoms with Crippen LogP contribution in [-0.2, 0) is 5.88 Å². The highest BCUT2D eigenvalue weighted by atomic mass is 35.5. The smallest absolute Gasteiger partial charge is 0.123 e. The second-order valence-electron chi connectivity index (χ2n) is 2.27. The fourth-order valence-electron chi connectivity index (χ4n) is 0.953. The molecule has 0 unspecified atom stereocenters. The number of hydrogen-bond donors (Lipinski definition) is 0. The molecule has 0 radical (unpaired) electrons. The molecule has 1 aromatic rings. The summed E-state index contributed by atoms with van der Waals surface area (Å²) in [5, 5.41) is 8.59. The van der Waals surface area contributed by atoms with Crippen molar-refractivity contribution in [2.24, 2.45) is 0 Å². The minimum absolute atomic E-state index is 0.360. The number of halogens is 1. The van der Waals surface area contributed by atoms with Crippen LogP contribution in [0.3, 0.4) is 0 Å². The molecular formula is C9H8ClNO. The zero-order valence-electron chi connectivity index (χ0n) is 6.67. The highest BCUT2D eigenvalue weighted by Crippen LogP contribution is 2.20. The number of methoxy groups -OCH3 is 1. The molecule has 0 aromatic heterocycles. The van der Waals surface area contributed by atoms with Crippen LogP contribution in [0.2, 0.25) is 0 Å². The van der Waals surface area contributed by atoms with E-state index in [1.54, 1.807) is 25.3 Å². The van der Waals surface area contributed by atoms with E-state index in [1.165, 1.54) is 0 Å². The molecule has 0 aliphatic rings. The van der Waals surface area contributed by atoms with Gasteiger partial charge in [0, 0.05) is 5.56 Å². The van der Waals surface area contributed by atoms with Gasteiger partial charge in [-0.1, -0.05) is 0 Å². The summed E-state index contributed by atoms with van der Waals surface area (Å²) in [5.74, 6) is 1.09. The van der Waals surface area contributed by atoms with Crippen LogP contribution in [0.4, 0.5) is 0 Å². The van der Waals surface area contributed by atoms with Gasteiger partial charge in [-0.3, -0.25) is 0 Å². The van der Waals surface area contributed by atoms with Crippen molar-refractivity contribution in [3.63, 3.8) is 0 Å². The van der Waals surface area contributed by atoms with Crippen LogP contribution >= 0.6 is 11.6 Å². The number of nitrogens with zero attached hydrogens (tertiary/aromatic N) is 1. The predicted molar refractivity (Wildman–Crippen MR) is 47.3 cm³/mol. The summed E-state index contributed by atoms with van der Waals surface area (Å²) in [6.45, 7) is 0. The summed E-state index contributed by atoms with van der Waals surface area (Å²) in [5.41, 5.74) is 1.45. The maximum Gasteiger partial charge on any atom is 0.123 e. The van der Waals surface area contributed by atoms with Gasteiger partial charge in [0.2, 0.25) is 0 Å². The van der Waals surface area contributed by atoms with Crippen molar-refractivity contribution in [2.45, 2.75) is 5.88 Å². The molecule has 0 amide bonds. The summed E-state index contributed by atoms with van der Waals surface area (Å²) in [6.07, 6.45) is 0. The first kappa shape index (κ1) is 8.89. The van der Waals surface area contributed by atoms with Crippen LogP contribution in [0.1, 0.15) is 11.1 Å². The molecule has 62 valence electrons. The Kier molecular flexibility index (Phi) is 2.95. The lowest BCUT2D eigenvalue weighted by atomic mass is 10.1. The van der Waals surface area contributed by atoms with Gasteiger partial charge in [-0.25, -0.2) is 0 Å². The third-order valence-electron chi connectivity index (χ3n) is 1.55. The Bertz CT molecular complexity index is 317. The van der Waals surface area contributed by atoms with E-state index in [2.05, 4.69) is 0 Å². The van der Waals surface area contributed by atoms with Crippen molar-refractivity contribution in [3.8, 4) is 11.8 Å². The van der Waals surface area contributed by atoms with Crippen LogP contribution in [0.25, 0.3) is 0 Å². The fourth-order valence-corrected chi connectivity index (χ4v) is 1.16. The summed E-state index contributed by atoms with van der Waals surface area (Å²) in [4.78, 5) is 0. The van der Waals surface area contributed by atoms with Crippen molar-refractivity contribution in [2.75, 3.05) is 7.11 Å². The molecule has 3 heteroatoms. The van der Waals surface area contributed by atoms with E-state index in [-0.39, 0.29) is 0 Å². The van der Waals surface area contributed by atoms with Crippen LogP contribution in [-0.4, -0.2) is 7.11 Å². The molecule has 1 rings (SSSR count). The molecule has 1 aromatic carbocycles. The number of alkyl halides is 1. The first-order valence-corrected chi connectivity index (χ1v) is 3.98. The van der Waals surface area contributed by atoms with E-state index in [0.29, 0.717) is 11.4 Å². The van der Waals surface area contributed by atoms with Crippen LogP contribution in [0.15, 0.2) is 18.2 Å². The van der Waals surface area contributed by atoms with Crippen molar-refractivity contribution < 1.29 is 4.74 Å². The normalized spacial score (nSPS) is 9.08. The number of hydrogen-bond acceptors (Lipinski definition) is 2. The van der Waals surface area contributed by atoms with Crippen LogP contribution < -0.4 is 4.74 Å². The highest BCUT2D eigenvalue weighted by Gasteiger charge is 2.01. The van der Waals surface area contributed by atoms with E-state index in [1.807, 2.05) is 6.07 Å². The van der Waals surface area contributed by atoms with Crippen molar-refractivity contribution in [1.29, 1.82) is 5.26 Å². The van der Waals surface area contributed by atoms with Gasteiger partial charge >= 0.3 is 0 Å². The van der Waals surface area contributed by atoms with Crippen molar-refractivity contribution in [3.05, 3.63) is 29.3 Å². The molecule has 0 spiro atoms. The van der Waals surface area contributed by atoms with Gasteiger partial charge in [0.25, 0.3) is 0 Å². The van der Waals surface area contributed by atoms with E-state index in [4.69, 9.17) is 21.6 Å². The maximum atomic E-state index is 8.59. The Hall–Kier alpha value is -1.20. The molecular weight excluding hydrogens is 174 g/mol. The molecule has 2 nitrogen and oxygen atoms in total. The minimum Gasteiger partial charge on any atom is -0.496 e. The topological polar surface area (TPSA) is 33.0 Å². The van der Waals surface area contributed by atoms with Crippen LogP contribution in [0, 0.1) is 11.3 Å². The van der Waals surface area contributed by atoms with E-state index >= 15 is 0 Å². The summed E-state index contributed by atoms with van der Waals surface area (Å²) in [6, 6.07) is 7.22. The molecule has 0 fully saturated rings. The lowest BCUT2D eigenvalue weighted by Crippen LogP contribution is -1.89. The predicted octanol–water partition coefficient (Wildman–Crippen LogP) is 2.31. The summed E-state index contributed by atoms with van der Waals surface area (Å²) < 4.78 is 5.04. The molecule has 0 N–H and O–H groups in total. The van der Waals surface area contributed by atoms with Gasteiger partial charge in [-0.2, -0.15) is 5.26 Å². The first-order chi connectivity index (χ1) is 5.81. The Labute approximate surface area is 76.3 Å². The van der Waals surface area contributed by atoms with E-state index in [9.17, 15) is 0 Å². The number of nitriles is 1. The molecule has 12 heavy (non-hydrogen) atoms. The second-order valence-corrected chi connectivity index (χ2v) is 2.54. The zero-order chi connectivity index (χ0) is 8.97. The molecule has 0 heterocycles. The molecule has 0 saturated heterocycles. The van der Waals surface area contributed by atoms with Gasteiger partial charge < -0.3 is 4.74 Å². The van der Waals surface area contributed by atoms with E-state index < -0.39 is 0 Å². The average molecular weight is 182 g/mol. The Morgan fingerprint density at radius 2 is 2.33 bits per heavy atom. The Morgan fingerprint density at radius 1 is 1.58 bits per heavy atom. The van der Waals surface area contributed by atoms with Gasteiger partial charge in [-0.05, 0) is 18.2 Å². The monoisotopic (exact) mass is 181 g/mol. The zero-order valence-corrected chi connectivity index (χ0v) is 7.43. The minimum atomic E-state index is 0.360. The maximum absolute atomic E-state index is 8.59. The number of ether oxygens (including phenoxy) is 1. The third-order valence-corrected chi connectivity index (χ3v) is 1.84. The molecule has 0 bridgehead atoms. The molecule has 0 aliphatic heterocycles. The number of rotatable bonds is 2. The SMILES string of the molecule is COc1ccc(C#N)cc1CCl. The largest absolute Gasteiger partial charge is 0.496 e. The third kappa shape index (κ3) is 1.69.